The summed E-state index contributed by atoms with van der Waals surface area (Å²) in [5, 5.41) is 3.78. The van der Waals surface area contributed by atoms with Crippen LogP contribution in [-0.4, -0.2) is 22.4 Å². The van der Waals surface area contributed by atoms with Gasteiger partial charge in [0.2, 0.25) is 0 Å². The molecule has 0 aliphatic heterocycles. The van der Waals surface area contributed by atoms with E-state index in [1.165, 1.54) is 4.40 Å². The maximum absolute atomic E-state index is 12.8. The molecule has 0 spiro atoms. The minimum atomic E-state index is -0.317. The van der Waals surface area contributed by atoms with Gasteiger partial charge in [0.15, 0.2) is 5.65 Å². The van der Waals surface area contributed by atoms with Gasteiger partial charge in [0.25, 0.3) is 11.5 Å². The van der Waals surface area contributed by atoms with Crippen LogP contribution in [0, 0.1) is 0 Å². The van der Waals surface area contributed by atoms with E-state index >= 15 is 0 Å². The third-order valence-corrected chi connectivity index (χ3v) is 4.69. The van der Waals surface area contributed by atoms with Crippen molar-refractivity contribution in [1.29, 1.82) is 0 Å². The van der Waals surface area contributed by atoms with E-state index in [9.17, 15) is 9.59 Å². The van der Waals surface area contributed by atoms with E-state index in [1.54, 1.807) is 43.6 Å². The zero-order valence-electron chi connectivity index (χ0n) is 15.0. The van der Waals surface area contributed by atoms with Gasteiger partial charge in [-0.1, -0.05) is 23.7 Å². The second-order valence-corrected chi connectivity index (χ2v) is 6.66. The van der Waals surface area contributed by atoms with Crippen LogP contribution in [0.1, 0.15) is 15.9 Å². The first-order valence-electron chi connectivity index (χ1n) is 8.58. The monoisotopic (exact) mass is 393 g/mol. The number of ether oxygens (including phenoxy) is 1. The van der Waals surface area contributed by atoms with Crippen molar-refractivity contribution >= 4 is 34.1 Å². The molecule has 6 nitrogen and oxygen atoms in total. The summed E-state index contributed by atoms with van der Waals surface area (Å²) in [7, 11) is 1.60. The smallest absolute Gasteiger partial charge is 0.265 e. The average molecular weight is 394 g/mol. The Bertz CT molecular complexity index is 1250. The number of pyridine rings is 1. The lowest BCUT2D eigenvalue weighted by Gasteiger charge is -2.10. The Morgan fingerprint density at radius 2 is 1.96 bits per heavy atom. The Hall–Kier alpha value is -3.38. The van der Waals surface area contributed by atoms with E-state index in [0.717, 1.165) is 11.3 Å². The number of carbonyl (C=O) groups excluding carboxylic acids is 1. The molecule has 2 aromatic heterocycles. The second-order valence-electron chi connectivity index (χ2n) is 6.22. The highest BCUT2D eigenvalue weighted by Gasteiger charge is 2.14. The Morgan fingerprint density at radius 1 is 1.18 bits per heavy atom. The normalized spacial score (nSPS) is 10.9. The summed E-state index contributed by atoms with van der Waals surface area (Å²) in [5.74, 6) is 0.431. The van der Waals surface area contributed by atoms with Crippen LogP contribution < -0.4 is 15.6 Å². The number of nitrogens with one attached hydrogen (secondary N) is 1. The molecule has 2 heterocycles. The lowest BCUT2D eigenvalue weighted by molar-refractivity contribution is 0.0952. The predicted octanol–water partition coefficient (Wildman–Crippen LogP) is 3.44. The van der Waals surface area contributed by atoms with Gasteiger partial charge >= 0.3 is 0 Å². The third-order valence-electron chi connectivity index (χ3n) is 4.46. The number of methoxy groups -OCH3 is 1. The Balaban J connectivity index is 1.70. The topological polar surface area (TPSA) is 72.7 Å². The first-order valence-corrected chi connectivity index (χ1v) is 8.96. The van der Waals surface area contributed by atoms with Crippen LogP contribution in [0.2, 0.25) is 5.02 Å². The van der Waals surface area contributed by atoms with Crippen molar-refractivity contribution in [3.05, 3.63) is 87.3 Å². The number of hydrogen-bond acceptors (Lipinski definition) is 4. The van der Waals surface area contributed by atoms with E-state index in [-0.39, 0.29) is 17.1 Å². The number of amides is 1. The standard InChI is InChI=1S/C21H16ClN3O3/c1-28-15-7-4-13(5-8-15)12-23-20(26)17-3-2-10-25-19(17)24-18-11-14(22)6-9-16(18)21(25)27/h2-11H,12H2,1H3,(H,23,26). The summed E-state index contributed by atoms with van der Waals surface area (Å²) in [6, 6.07) is 15.6. The Labute approximate surface area is 165 Å². The molecule has 7 heteroatoms. The van der Waals surface area contributed by atoms with Gasteiger partial charge in [-0.3, -0.25) is 14.0 Å². The van der Waals surface area contributed by atoms with Crippen LogP contribution in [-0.2, 0) is 6.54 Å². The molecular weight excluding hydrogens is 378 g/mol. The third kappa shape index (κ3) is 3.30. The SMILES string of the molecule is COc1ccc(CNC(=O)c2cccn3c(=O)c4ccc(Cl)cc4nc23)cc1. The minimum Gasteiger partial charge on any atom is -0.497 e. The van der Waals surface area contributed by atoms with E-state index < -0.39 is 0 Å². The van der Waals surface area contributed by atoms with Gasteiger partial charge in [0, 0.05) is 17.8 Å². The average Bonchev–Trinajstić information content (AvgIpc) is 2.72. The number of fused-ring (bicyclic) bond motifs is 2. The molecule has 0 radical (unpaired) electrons. The summed E-state index contributed by atoms with van der Waals surface area (Å²) in [6.45, 7) is 0.341. The molecule has 140 valence electrons. The second kappa shape index (κ2) is 7.32. The van der Waals surface area contributed by atoms with Gasteiger partial charge in [-0.15, -0.1) is 0 Å². The Kier molecular flexibility index (Phi) is 4.71. The zero-order chi connectivity index (χ0) is 19.7. The highest BCUT2D eigenvalue weighted by molar-refractivity contribution is 6.31. The van der Waals surface area contributed by atoms with E-state index in [2.05, 4.69) is 10.3 Å². The van der Waals surface area contributed by atoms with Crippen LogP contribution in [0.4, 0.5) is 0 Å². The highest BCUT2D eigenvalue weighted by atomic mass is 35.5. The molecule has 28 heavy (non-hydrogen) atoms. The molecule has 4 rings (SSSR count). The predicted molar refractivity (Wildman–Crippen MR) is 108 cm³/mol. The number of nitrogens with zero attached hydrogens (tertiary/aromatic N) is 2. The van der Waals surface area contributed by atoms with Crippen LogP contribution in [0.5, 0.6) is 5.75 Å². The lowest BCUT2D eigenvalue weighted by atomic mass is 10.2. The number of halogens is 1. The van der Waals surface area contributed by atoms with Crippen molar-refractivity contribution in [2.24, 2.45) is 0 Å². The highest BCUT2D eigenvalue weighted by Crippen LogP contribution is 2.17. The fourth-order valence-corrected chi connectivity index (χ4v) is 3.16. The Morgan fingerprint density at radius 3 is 2.71 bits per heavy atom. The fourth-order valence-electron chi connectivity index (χ4n) is 3.00. The summed E-state index contributed by atoms with van der Waals surface area (Å²) in [5.41, 5.74) is 1.73. The van der Waals surface area contributed by atoms with Gasteiger partial charge < -0.3 is 10.1 Å². The van der Waals surface area contributed by atoms with Gasteiger partial charge in [0.05, 0.1) is 23.6 Å². The molecule has 4 aromatic rings. The molecule has 0 fully saturated rings. The molecule has 0 aliphatic carbocycles. The van der Waals surface area contributed by atoms with Crippen molar-refractivity contribution in [2.75, 3.05) is 7.11 Å². The van der Waals surface area contributed by atoms with Gasteiger partial charge in [0.1, 0.15) is 5.75 Å². The lowest BCUT2D eigenvalue weighted by Crippen LogP contribution is -2.25. The molecule has 1 amide bonds. The minimum absolute atomic E-state index is 0.249. The molecule has 0 saturated heterocycles. The molecular formula is C21H16ClN3O3. The number of hydrogen-bond donors (Lipinski definition) is 1. The molecule has 1 N–H and O–H groups in total. The van der Waals surface area contributed by atoms with Crippen LogP contribution in [0.3, 0.4) is 0 Å². The van der Waals surface area contributed by atoms with Gasteiger partial charge in [-0.25, -0.2) is 4.98 Å². The van der Waals surface area contributed by atoms with Crippen molar-refractivity contribution in [1.82, 2.24) is 14.7 Å². The summed E-state index contributed by atoms with van der Waals surface area (Å²) in [4.78, 5) is 30.0. The van der Waals surface area contributed by atoms with Crippen LogP contribution in [0.25, 0.3) is 16.6 Å². The number of aromatic nitrogens is 2. The van der Waals surface area contributed by atoms with Gasteiger partial charge in [-0.05, 0) is 48.0 Å². The first kappa shape index (κ1) is 18.0. The molecule has 2 aromatic carbocycles. The van der Waals surface area contributed by atoms with Crippen molar-refractivity contribution in [2.45, 2.75) is 6.54 Å². The number of rotatable bonds is 4. The summed E-state index contributed by atoms with van der Waals surface area (Å²) in [6.07, 6.45) is 1.60. The molecule has 0 atom stereocenters. The quantitative estimate of drug-likeness (QED) is 0.539. The molecule has 0 saturated carbocycles. The molecule has 0 aliphatic rings. The maximum Gasteiger partial charge on any atom is 0.265 e. The van der Waals surface area contributed by atoms with Crippen LogP contribution in [0.15, 0.2) is 65.6 Å². The van der Waals surface area contributed by atoms with E-state index in [1.807, 2.05) is 24.3 Å². The number of benzene rings is 2. The maximum atomic E-state index is 12.8. The van der Waals surface area contributed by atoms with E-state index in [4.69, 9.17) is 16.3 Å². The van der Waals surface area contributed by atoms with Crippen molar-refractivity contribution in [3.8, 4) is 5.75 Å². The van der Waals surface area contributed by atoms with Crippen molar-refractivity contribution in [3.63, 3.8) is 0 Å². The first-order chi connectivity index (χ1) is 13.6. The van der Waals surface area contributed by atoms with Crippen molar-refractivity contribution < 1.29 is 9.53 Å². The summed E-state index contributed by atoms with van der Waals surface area (Å²) >= 11 is 6.03. The molecule has 0 bridgehead atoms. The largest absolute Gasteiger partial charge is 0.497 e. The summed E-state index contributed by atoms with van der Waals surface area (Å²) < 4.78 is 6.50. The van der Waals surface area contributed by atoms with Gasteiger partial charge in [-0.2, -0.15) is 0 Å². The van der Waals surface area contributed by atoms with Crippen LogP contribution >= 0.6 is 11.6 Å². The number of carbonyl (C=O) groups is 1. The zero-order valence-corrected chi connectivity index (χ0v) is 15.7. The van der Waals surface area contributed by atoms with E-state index in [0.29, 0.717) is 28.0 Å². The fraction of sp³-hybridized carbons (Fsp3) is 0.0952. The molecule has 0 unspecified atom stereocenters.